The lowest BCUT2D eigenvalue weighted by molar-refractivity contribution is 0.0168. The minimum atomic E-state index is 0.408. The molecule has 1 aromatic rings. The molecule has 0 saturated carbocycles. The number of hydrogen-bond acceptors (Lipinski definition) is 3. The molecule has 0 bridgehead atoms. The Balaban J connectivity index is 1.76. The van der Waals surface area contributed by atoms with Crippen molar-refractivity contribution in [2.75, 3.05) is 13.2 Å². The molecule has 17 heavy (non-hydrogen) atoms. The number of hydrogen-bond donors (Lipinski definition) is 1. The predicted molar refractivity (Wildman–Crippen MR) is 67.9 cm³/mol. The van der Waals surface area contributed by atoms with Gasteiger partial charge < -0.3 is 10.1 Å². The maximum absolute atomic E-state index is 5.69. The molecule has 2 heterocycles. The Morgan fingerprint density at radius 1 is 1.53 bits per heavy atom. The summed E-state index contributed by atoms with van der Waals surface area (Å²) in [6.45, 7) is 4.93. The van der Waals surface area contributed by atoms with Crippen molar-refractivity contribution in [2.45, 2.75) is 45.3 Å². The Hall–Kier alpha value is -0.870. The van der Waals surface area contributed by atoms with Crippen LogP contribution in [0.2, 0.25) is 0 Å². The largest absolute Gasteiger partial charge is 0.377 e. The Morgan fingerprint density at radius 3 is 3.12 bits per heavy atom. The first-order valence-corrected chi connectivity index (χ1v) is 6.63. The van der Waals surface area contributed by atoms with Crippen LogP contribution >= 0.6 is 0 Å². The van der Waals surface area contributed by atoms with Crippen molar-refractivity contribution in [3.63, 3.8) is 0 Å². The van der Waals surface area contributed by atoms with Crippen molar-refractivity contribution in [3.05, 3.63) is 17.5 Å². The standard InChI is InChI=1S/C13H23N3O/c1-3-13-11(10-16(2)15-13)8-14-9-12-6-4-5-7-17-12/h10,12,14H,3-9H2,1-2H3. The fourth-order valence-electron chi connectivity index (χ4n) is 2.37. The predicted octanol–water partition coefficient (Wildman–Crippen LogP) is 1.64. The highest BCUT2D eigenvalue weighted by molar-refractivity contribution is 5.16. The average molecular weight is 237 g/mol. The molecule has 1 saturated heterocycles. The van der Waals surface area contributed by atoms with Crippen LogP contribution in [0.1, 0.15) is 37.4 Å². The van der Waals surface area contributed by atoms with E-state index in [0.717, 1.165) is 26.1 Å². The molecule has 0 aromatic carbocycles. The zero-order valence-corrected chi connectivity index (χ0v) is 10.9. The minimum absolute atomic E-state index is 0.408. The monoisotopic (exact) mass is 237 g/mol. The molecule has 0 amide bonds. The molecule has 1 aromatic heterocycles. The Kier molecular flexibility index (Phi) is 4.57. The second-order valence-electron chi connectivity index (χ2n) is 4.75. The van der Waals surface area contributed by atoms with Crippen LogP contribution < -0.4 is 5.32 Å². The third kappa shape index (κ3) is 3.54. The van der Waals surface area contributed by atoms with Gasteiger partial charge in [0.15, 0.2) is 0 Å². The fourth-order valence-corrected chi connectivity index (χ4v) is 2.37. The molecule has 4 heteroatoms. The van der Waals surface area contributed by atoms with Gasteiger partial charge in [-0.2, -0.15) is 5.10 Å². The lowest BCUT2D eigenvalue weighted by Gasteiger charge is -2.22. The molecule has 1 unspecified atom stereocenters. The first kappa shape index (κ1) is 12.6. The molecule has 0 spiro atoms. The highest BCUT2D eigenvalue weighted by Gasteiger charge is 2.13. The molecule has 1 atom stereocenters. The third-order valence-electron chi connectivity index (χ3n) is 3.29. The number of aryl methyl sites for hydroxylation is 2. The van der Waals surface area contributed by atoms with Crippen molar-refractivity contribution in [1.82, 2.24) is 15.1 Å². The molecule has 0 aliphatic carbocycles. The third-order valence-corrected chi connectivity index (χ3v) is 3.29. The van der Waals surface area contributed by atoms with Crippen LogP contribution in [0, 0.1) is 0 Å². The van der Waals surface area contributed by atoms with Crippen LogP contribution in [-0.4, -0.2) is 29.0 Å². The Morgan fingerprint density at radius 2 is 2.41 bits per heavy atom. The van der Waals surface area contributed by atoms with Crippen LogP contribution in [0.5, 0.6) is 0 Å². The second kappa shape index (κ2) is 6.17. The van der Waals surface area contributed by atoms with E-state index in [2.05, 4.69) is 23.5 Å². The molecule has 1 aliphatic rings. The van der Waals surface area contributed by atoms with E-state index < -0.39 is 0 Å². The SMILES string of the molecule is CCc1nn(C)cc1CNCC1CCCCO1. The first-order chi connectivity index (χ1) is 8.29. The van der Waals surface area contributed by atoms with Crippen LogP contribution in [0.4, 0.5) is 0 Å². The second-order valence-corrected chi connectivity index (χ2v) is 4.75. The quantitative estimate of drug-likeness (QED) is 0.846. The summed E-state index contributed by atoms with van der Waals surface area (Å²) in [5.41, 5.74) is 2.51. The summed E-state index contributed by atoms with van der Waals surface area (Å²) in [5, 5.41) is 7.92. The molecule has 1 N–H and O–H groups in total. The number of aromatic nitrogens is 2. The summed E-state index contributed by atoms with van der Waals surface area (Å²) < 4.78 is 7.59. The summed E-state index contributed by atoms with van der Waals surface area (Å²) in [6, 6.07) is 0. The van der Waals surface area contributed by atoms with Gasteiger partial charge in [-0.1, -0.05) is 6.92 Å². The molecule has 2 rings (SSSR count). The van der Waals surface area contributed by atoms with E-state index in [0.29, 0.717) is 6.10 Å². The highest BCUT2D eigenvalue weighted by Crippen LogP contribution is 2.12. The van der Waals surface area contributed by atoms with Crippen molar-refractivity contribution in [2.24, 2.45) is 7.05 Å². The van der Waals surface area contributed by atoms with Gasteiger partial charge in [0.25, 0.3) is 0 Å². The van der Waals surface area contributed by atoms with Crippen molar-refractivity contribution < 1.29 is 4.74 Å². The smallest absolute Gasteiger partial charge is 0.0699 e. The molecular formula is C13H23N3O. The van der Waals surface area contributed by atoms with Crippen LogP contribution in [0.15, 0.2) is 6.20 Å². The average Bonchev–Trinajstić information content (AvgIpc) is 2.71. The van der Waals surface area contributed by atoms with Crippen molar-refractivity contribution in [1.29, 1.82) is 0 Å². The summed E-state index contributed by atoms with van der Waals surface area (Å²) in [6.07, 6.45) is 7.23. The zero-order chi connectivity index (χ0) is 12.1. The van der Waals surface area contributed by atoms with Gasteiger partial charge >= 0.3 is 0 Å². The van der Waals surface area contributed by atoms with E-state index in [1.807, 2.05) is 11.7 Å². The maximum Gasteiger partial charge on any atom is 0.0699 e. The van der Waals surface area contributed by atoms with Gasteiger partial charge in [0.05, 0.1) is 11.8 Å². The summed E-state index contributed by atoms with van der Waals surface area (Å²) >= 11 is 0. The molecule has 4 nitrogen and oxygen atoms in total. The van der Waals surface area contributed by atoms with Gasteiger partial charge in [0, 0.05) is 38.5 Å². The maximum atomic E-state index is 5.69. The van der Waals surface area contributed by atoms with E-state index in [9.17, 15) is 0 Å². The number of nitrogens with zero attached hydrogens (tertiary/aromatic N) is 2. The molecule has 0 radical (unpaired) electrons. The van der Waals surface area contributed by atoms with E-state index in [1.165, 1.54) is 30.5 Å². The summed E-state index contributed by atoms with van der Waals surface area (Å²) in [5.74, 6) is 0. The Bertz CT molecular complexity index is 342. The molecule has 1 fully saturated rings. The van der Waals surface area contributed by atoms with Crippen LogP contribution in [-0.2, 0) is 24.8 Å². The summed E-state index contributed by atoms with van der Waals surface area (Å²) in [7, 11) is 1.98. The van der Waals surface area contributed by atoms with Gasteiger partial charge in [0.1, 0.15) is 0 Å². The van der Waals surface area contributed by atoms with Gasteiger partial charge in [-0.05, 0) is 25.7 Å². The fraction of sp³-hybridized carbons (Fsp3) is 0.769. The normalized spacial score (nSPS) is 20.7. The highest BCUT2D eigenvalue weighted by atomic mass is 16.5. The van der Waals surface area contributed by atoms with Crippen LogP contribution in [0.3, 0.4) is 0 Å². The van der Waals surface area contributed by atoms with E-state index in [-0.39, 0.29) is 0 Å². The number of nitrogens with one attached hydrogen (secondary N) is 1. The van der Waals surface area contributed by atoms with Crippen molar-refractivity contribution >= 4 is 0 Å². The van der Waals surface area contributed by atoms with Gasteiger partial charge in [-0.15, -0.1) is 0 Å². The van der Waals surface area contributed by atoms with Crippen molar-refractivity contribution in [3.8, 4) is 0 Å². The number of ether oxygens (including phenoxy) is 1. The van der Waals surface area contributed by atoms with Gasteiger partial charge in [-0.25, -0.2) is 0 Å². The van der Waals surface area contributed by atoms with E-state index in [1.54, 1.807) is 0 Å². The summed E-state index contributed by atoms with van der Waals surface area (Å²) in [4.78, 5) is 0. The molecular weight excluding hydrogens is 214 g/mol. The Labute approximate surface area is 103 Å². The minimum Gasteiger partial charge on any atom is -0.377 e. The topological polar surface area (TPSA) is 39.1 Å². The van der Waals surface area contributed by atoms with Gasteiger partial charge in [0.2, 0.25) is 0 Å². The lowest BCUT2D eigenvalue weighted by Crippen LogP contribution is -2.31. The number of rotatable bonds is 5. The van der Waals surface area contributed by atoms with E-state index >= 15 is 0 Å². The van der Waals surface area contributed by atoms with Gasteiger partial charge in [-0.3, -0.25) is 4.68 Å². The molecule has 1 aliphatic heterocycles. The first-order valence-electron chi connectivity index (χ1n) is 6.63. The lowest BCUT2D eigenvalue weighted by atomic mass is 10.1. The molecule has 96 valence electrons. The van der Waals surface area contributed by atoms with Crippen LogP contribution in [0.25, 0.3) is 0 Å². The van der Waals surface area contributed by atoms with E-state index in [4.69, 9.17) is 4.74 Å². The zero-order valence-electron chi connectivity index (χ0n) is 10.9.